The molecule has 1 saturated heterocycles. The SMILES string of the molecule is Cc1ccc(NC(=S)Nc2ccc(-c3nc(N4CCOCC4)c4cccn4n3)cc2)cn1. The van der Waals surface area contributed by atoms with Crippen molar-refractivity contribution in [1.82, 2.24) is 19.6 Å². The highest BCUT2D eigenvalue weighted by atomic mass is 32.1. The van der Waals surface area contributed by atoms with E-state index in [9.17, 15) is 0 Å². The van der Waals surface area contributed by atoms with Crippen molar-refractivity contribution in [2.45, 2.75) is 6.92 Å². The molecule has 0 atom stereocenters. The summed E-state index contributed by atoms with van der Waals surface area (Å²) in [6, 6.07) is 15.8. The average Bonchev–Trinajstić information content (AvgIpc) is 3.30. The van der Waals surface area contributed by atoms with E-state index in [1.165, 1.54) is 0 Å². The van der Waals surface area contributed by atoms with Gasteiger partial charge in [-0.3, -0.25) is 4.98 Å². The molecular formula is C23H23N7OS. The number of pyridine rings is 1. The molecule has 0 spiro atoms. The van der Waals surface area contributed by atoms with E-state index in [2.05, 4.69) is 20.5 Å². The van der Waals surface area contributed by atoms with Gasteiger partial charge < -0.3 is 20.3 Å². The highest BCUT2D eigenvalue weighted by Crippen LogP contribution is 2.25. The molecule has 0 saturated carbocycles. The van der Waals surface area contributed by atoms with Crippen LogP contribution in [0.2, 0.25) is 0 Å². The Bertz CT molecular complexity index is 1230. The number of ether oxygens (including phenoxy) is 1. The first-order chi connectivity index (χ1) is 15.7. The predicted molar refractivity (Wildman–Crippen MR) is 130 cm³/mol. The number of aryl methyl sites for hydroxylation is 1. The van der Waals surface area contributed by atoms with E-state index in [0.29, 0.717) is 24.2 Å². The summed E-state index contributed by atoms with van der Waals surface area (Å²) in [5, 5.41) is 11.5. The van der Waals surface area contributed by atoms with Crippen LogP contribution in [0.5, 0.6) is 0 Å². The minimum absolute atomic E-state index is 0.503. The van der Waals surface area contributed by atoms with E-state index >= 15 is 0 Å². The zero-order valence-corrected chi connectivity index (χ0v) is 18.5. The quantitative estimate of drug-likeness (QED) is 0.460. The summed E-state index contributed by atoms with van der Waals surface area (Å²) < 4.78 is 7.38. The maximum Gasteiger partial charge on any atom is 0.182 e. The van der Waals surface area contributed by atoms with Gasteiger partial charge in [-0.15, -0.1) is 5.10 Å². The summed E-state index contributed by atoms with van der Waals surface area (Å²) in [6.07, 6.45) is 3.71. The summed E-state index contributed by atoms with van der Waals surface area (Å²) in [4.78, 5) is 11.4. The van der Waals surface area contributed by atoms with E-state index in [0.717, 1.165) is 47.1 Å². The molecule has 4 heterocycles. The van der Waals surface area contributed by atoms with Gasteiger partial charge in [0, 0.05) is 36.2 Å². The van der Waals surface area contributed by atoms with E-state index in [4.69, 9.17) is 27.0 Å². The van der Waals surface area contributed by atoms with Crippen LogP contribution in [0.1, 0.15) is 5.69 Å². The zero-order chi connectivity index (χ0) is 21.9. The van der Waals surface area contributed by atoms with E-state index in [1.54, 1.807) is 6.20 Å². The monoisotopic (exact) mass is 445 g/mol. The molecule has 1 aliphatic heterocycles. The number of benzene rings is 1. The Morgan fingerprint density at radius 3 is 2.50 bits per heavy atom. The van der Waals surface area contributed by atoms with Gasteiger partial charge in [0.25, 0.3) is 0 Å². The van der Waals surface area contributed by atoms with Crippen LogP contribution in [-0.4, -0.2) is 51.0 Å². The fourth-order valence-corrected chi connectivity index (χ4v) is 3.82. The number of aromatic nitrogens is 4. The number of fused-ring (bicyclic) bond motifs is 1. The molecule has 0 unspecified atom stereocenters. The van der Waals surface area contributed by atoms with Crippen LogP contribution in [0.3, 0.4) is 0 Å². The van der Waals surface area contributed by atoms with Crippen molar-refractivity contribution in [3.8, 4) is 11.4 Å². The molecule has 0 radical (unpaired) electrons. The molecular weight excluding hydrogens is 422 g/mol. The molecule has 0 amide bonds. The minimum atomic E-state index is 0.503. The molecule has 32 heavy (non-hydrogen) atoms. The van der Waals surface area contributed by atoms with Gasteiger partial charge in [0.2, 0.25) is 0 Å². The van der Waals surface area contributed by atoms with Gasteiger partial charge in [-0.1, -0.05) is 0 Å². The topological polar surface area (TPSA) is 79.6 Å². The summed E-state index contributed by atoms with van der Waals surface area (Å²) in [5.74, 6) is 1.61. The van der Waals surface area contributed by atoms with Crippen LogP contribution >= 0.6 is 12.2 Å². The maximum absolute atomic E-state index is 5.50. The molecule has 3 aromatic heterocycles. The number of nitrogens with zero attached hydrogens (tertiary/aromatic N) is 5. The summed E-state index contributed by atoms with van der Waals surface area (Å²) >= 11 is 5.42. The third-order valence-electron chi connectivity index (χ3n) is 5.25. The summed E-state index contributed by atoms with van der Waals surface area (Å²) in [6.45, 7) is 5.00. The lowest BCUT2D eigenvalue weighted by Gasteiger charge is -2.28. The standard InChI is InChI=1S/C23H23N7OS/c1-16-4-7-19(15-24-16)26-23(32)25-18-8-5-17(6-9-18)21-27-22(29-11-13-31-14-12-29)20-3-2-10-30(20)28-21/h2-10,15H,11-14H2,1H3,(H2,25,26,32). The molecule has 2 N–H and O–H groups in total. The Morgan fingerprint density at radius 1 is 1.00 bits per heavy atom. The minimum Gasteiger partial charge on any atom is -0.378 e. The number of thiocarbonyl (C=S) groups is 1. The Morgan fingerprint density at radius 2 is 1.75 bits per heavy atom. The third-order valence-corrected chi connectivity index (χ3v) is 5.46. The van der Waals surface area contributed by atoms with Crippen molar-refractivity contribution in [3.05, 3.63) is 66.6 Å². The Balaban J connectivity index is 1.34. The van der Waals surface area contributed by atoms with Crippen LogP contribution in [0.4, 0.5) is 17.2 Å². The van der Waals surface area contributed by atoms with Crippen molar-refractivity contribution < 1.29 is 4.74 Å². The largest absolute Gasteiger partial charge is 0.378 e. The van der Waals surface area contributed by atoms with E-state index in [-0.39, 0.29) is 0 Å². The second-order valence-corrected chi connectivity index (χ2v) is 7.95. The predicted octanol–water partition coefficient (Wildman–Crippen LogP) is 3.75. The van der Waals surface area contributed by atoms with Crippen molar-refractivity contribution in [2.75, 3.05) is 41.8 Å². The van der Waals surface area contributed by atoms with Gasteiger partial charge in [-0.2, -0.15) is 0 Å². The number of hydrogen-bond acceptors (Lipinski definition) is 6. The molecule has 0 bridgehead atoms. The first-order valence-corrected chi connectivity index (χ1v) is 10.9. The second kappa shape index (κ2) is 8.89. The lowest BCUT2D eigenvalue weighted by atomic mass is 10.2. The van der Waals surface area contributed by atoms with Gasteiger partial charge in [0.1, 0.15) is 5.52 Å². The van der Waals surface area contributed by atoms with Crippen LogP contribution < -0.4 is 15.5 Å². The number of anilines is 3. The maximum atomic E-state index is 5.50. The van der Waals surface area contributed by atoms with Crippen molar-refractivity contribution in [1.29, 1.82) is 0 Å². The molecule has 0 aliphatic carbocycles. The Hall–Kier alpha value is -3.56. The number of morpholine rings is 1. The van der Waals surface area contributed by atoms with Gasteiger partial charge in [-0.25, -0.2) is 9.50 Å². The lowest BCUT2D eigenvalue weighted by Crippen LogP contribution is -2.37. The first kappa shape index (κ1) is 20.3. The molecule has 1 fully saturated rings. The molecule has 162 valence electrons. The third kappa shape index (κ3) is 4.39. The van der Waals surface area contributed by atoms with E-state index in [1.807, 2.05) is 66.2 Å². The zero-order valence-electron chi connectivity index (χ0n) is 17.7. The van der Waals surface area contributed by atoms with Crippen molar-refractivity contribution >= 4 is 40.0 Å². The molecule has 9 heteroatoms. The van der Waals surface area contributed by atoms with Crippen molar-refractivity contribution in [2.24, 2.45) is 0 Å². The smallest absolute Gasteiger partial charge is 0.182 e. The Labute approximate surface area is 191 Å². The second-order valence-electron chi connectivity index (χ2n) is 7.54. The lowest BCUT2D eigenvalue weighted by molar-refractivity contribution is 0.122. The average molecular weight is 446 g/mol. The van der Waals surface area contributed by atoms with E-state index < -0.39 is 0 Å². The number of hydrogen-bond donors (Lipinski definition) is 2. The van der Waals surface area contributed by atoms with Crippen LogP contribution in [-0.2, 0) is 4.74 Å². The van der Waals surface area contributed by atoms with Crippen molar-refractivity contribution in [3.63, 3.8) is 0 Å². The number of rotatable bonds is 4. The summed E-state index contributed by atoms with van der Waals surface area (Å²) in [7, 11) is 0. The Kier molecular flexibility index (Phi) is 5.66. The summed E-state index contributed by atoms with van der Waals surface area (Å²) in [5.41, 5.74) is 4.61. The molecule has 5 rings (SSSR count). The fraction of sp³-hybridized carbons (Fsp3) is 0.217. The van der Waals surface area contributed by atoms with Gasteiger partial charge in [0.15, 0.2) is 16.8 Å². The van der Waals surface area contributed by atoms with Crippen LogP contribution in [0.15, 0.2) is 60.9 Å². The molecule has 1 aromatic carbocycles. The highest BCUT2D eigenvalue weighted by Gasteiger charge is 2.18. The van der Waals surface area contributed by atoms with Gasteiger partial charge in [-0.05, 0) is 67.7 Å². The van der Waals surface area contributed by atoms with Crippen LogP contribution in [0.25, 0.3) is 16.9 Å². The highest BCUT2D eigenvalue weighted by molar-refractivity contribution is 7.80. The molecule has 1 aliphatic rings. The van der Waals surface area contributed by atoms with Gasteiger partial charge in [0.05, 0.1) is 25.1 Å². The van der Waals surface area contributed by atoms with Gasteiger partial charge >= 0.3 is 0 Å². The number of nitrogens with one attached hydrogen (secondary N) is 2. The fourth-order valence-electron chi connectivity index (χ4n) is 3.59. The normalized spacial score (nSPS) is 13.8. The molecule has 4 aromatic rings. The molecule has 8 nitrogen and oxygen atoms in total. The van der Waals surface area contributed by atoms with Crippen LogP contribution in [0, 0.1) is 6.92 Å². The first-order valence-electron chi connectivity index (χ1n) is 10.4.